The van der Waals surface area contributed by atoms with Gasteiger partial charge in [-0.2, -0.15) is 0 Å². The first kappa shape index (κ1) is 29.4. The van der Waals surface area contributed by atoms with Crippen LogP contribution in [-0.2, 0) is 0 Å². The molecule has 5 heteroatoms. The molecule has 50 heavy (non-hydrogen) atoms. The summed E-state index contributed by atoms with van der Waals surface area (Å²) in [6.45, 7) is 0. The van der Waals surface area contributed by atoms with E-state index in [4.69, 9.17) is 9.40 Å². The SMILES string of the molecule is N=I(c1ccccc1)(c1ccccc1)c1ccc(-c2nc3c(-c4cccc5c4oc4ccccc45)cccc3c3c2sc2ccccc23)cc1. The van der Waals surface area contributed by atoms with Crippen molar-refractivity contribution in [3.8, 4) is 22.4 Å². The Morgan fingerprint density at radius 2 is 1.08 bits per heavy atom. The number of nitrogens with zero attached hydrogens (tertiary/aromatic N) is 1. The molecular weight excluding hydrogens is 743 g/mol. The average Bonchev–Trinajstić information content (AvgIpc) is 3.77. The Morgan fingerprint density at radius 3 is 1.82 bits per heavy atom. The van der Waals surface area contributed by atoms with Gasteiger partial charge in [0.05, 0.1) is 0 Å². The van der Waals surface area contributed by atoms with E-state index < -0.39 is 18.3 Å². The number of hydrogen-bond acceptors (Lipinski definition) is 4. The van der Waals surface area contributed by atoms with Crippen LogP contribution in [0.1, 0.15) is 0 Å². The molecule has 0 fully saturated rings. The van der Waals surface area contributed by atoms with Gasteiger partial charge in [0.1, 0.15) is 0 Å². The molecule has 0 atom stereocenters. The predicted octanol–water partition coefficient (Wildman–Crippen LogP) is 13.5. The van der Waals surface area contributed by atoms with Crippen LogP contribution < -0.4 is 0 Å². The Hall–Kier alpha value is -5.50. The number of fused-ring (bicyclic) bond motifs is 8. The standard InChI is InChI=1S/C45H29IN2OS/c47-46(30-13-3-1-4-14-30,31-15-5-2-6-16-31)32-27-25-29(26-28-32)42-45-41(37-18-8-10-24-40(37)50-45)38-22-11-19-34(43(38)48-42)36-21-12-20-35-33-17-7-9-23-39(33)49-44(35)36/h1-28,47H. The summed E-state index contributed by atoms with van der Waals surface area (Å²) in [5, 5.41) is 5.83. The fraction of sp³-hybridized carbons (Fsp3) is 0. The number of furan rings is 1. The fourth-order valence-electron chi connectivity index (χ4n) is 7.26. The van der Waals surface area contributed by atoms with E-state index in [-0.39, 0.29) is 0 Å². The van der Waals surface area contributed by atoms with Gasteiger partial charge in [-0.05, 0) is 6.07 Å². The second-order valence-corrected chi connectivity index (χ2v) is 20.4. The van der Waals surface area contributed by atoms with Crippen molar-refractivity contribution in [3.05, 3.63) is 181 Å². The number of aromatic nitrogens is 1. The predicted molar refractivity (Wildman–Crippen MR) is 218 cm³/mol. The molecule has 0 bridgehead atoms. The van der Waals surface area contributed by atoms with E-state index >= 15 is 0 Å². The third kappa shape index (κ3) is 4.43. The Labute approximate surface area is 296 Å². The van der Waals surface area contributed by atoms with Gasteiger partial charge in [0.25, 0.3) is 0 Å². The van der Waals surface area contributed by atoms with Crippen LogP contribution in [0.4, 0.5) is 0 Å². The number of benzene rings is 7. The number of nitrogens with one attached hydrogen (secondary N) is 1. The summed E-state index contributed by atoms with van der Waals surface area (Å²) in [5.74, 6) is 0. The summed E-state index contributed by atoms with van der Waals surface area (Å²) in [6.07, 6.45) is 0. The van der Waals surface area contributed by atoms with Crippen molar-refractivity contribution in [2.24, 2.45) is 0 Å². The third-order valence-corrected chi connectivity index (χ3v) is 18.5. The second-order valence-electron chi connectivity index (χ2n) is 12.4. The maximum atomic E-state index is 10.1. The van der Waals surface area contributed by atoms with Crippen molar-refractivity contribution in [2.75, 3.05) is 0 Å². The molecule has 0 saturated heterocycles. The molecular formula is C45H29IN2OS. The molecule has 1 N–H and O–H groups in total. The van der Waals surface area contributed by atoms with E-state index in [1.807, 2.05) is 24.3 Å². The van der Waals surface area contributed by atoms with E-state index in [1.165, 1.54) is 20.2 Å². The summed E-state index contributed by atoms with van der Waals surface area (Å²) in [5.41, 5.74) is 6.82. The number of thiophene rings is 1. The van der Waals surface area contributed by atoms with E-state index in [2.05, 4.69) is 146 Å². The first-order chi connectivity index (χ1) is 24.7. The molecule has 7 aromatic carbocycles. The van der Waals surface area contributed by atoms with Crippen LogP contribution in [0.25, 0.3) is 75.4 Å². The normalized spacial score (nSPS) is 12.4. The van der Waals surface area contributed by atoms with Gasteiger partial charge < -0.3 is 0 Å². The summed E-state index contributed by atoms with van der Waals surface area (Å²) in [7, 11) is 0. The molecule has 10 aromatic rings. The molecule has 0 amide bonds. The topological polar surface area (TPSA) is 49.9 Å². The minimum atomic E-state index is -3.57. The average molecular weight is 773 g/mol. The van der Waals surface area contributed by atoms with E-state index in [0.29, 0.717) is 0 Å². The molecule has 0 saturated carbocycles. The molecule has 0 aliphatic heterocycles. The van der Waals surface area contributed by atoms with Crippen molar-refractivity contribution in [2.45, 2.75) is 0 Å². The van der Waals surface area contributed by atoms with Crippen LogP contribution >= 0.6 is 29.6 Å². The Morgan fingerprint density at radius 1 is 0.500 bits per heavy atom. The molecule has 10 rings (SSSR count). The van der Waals surface area contributed by atoms with Crippen molar-refractivity contribution in [3.63, 3.8) is 0 Å². The molecule has 238 valence electrons. The van der Waals surface area contributed by atoms with Gasteiger partial charge in [-0.3, -0.25) is 0 Å². The summed E-state index contributed by atoms with van der Waals surface area (Å²) >= 11 is -1.77. The molecule has 3 nitrogen and oxygen atoms in total. The number of hydrogen-bond donors (Lipinski definition) is 1. The molecule has 0 radical (unpaired) electrons. The Balaban J connectivity index is 1.22. The van der Waals surface area contributed by atoms with Gasteiger partial charge in [0, 0.05) is 0 Å². The van der Waals surface area contributed by atoms with Gasteiger partial charge in [0.15, 0.2) is 0 Å². The van der Waals surface area contributed by atoms with Crippen LogP contribution in [0.5, 0.6) is 0 Å². The number of rotatable bonds is 5. The molecule has 3 heterocycles. The van der Waals surface area contributed by atoms with Gasteiger partial charge >= 0.3 is 274 Å². The second kappa shape index (κ2) is 11.5. The van der Waals surface area contributed by atoms with Crippen molar-refractivity contribution >= 4 is 82.6 Å². The molecule has 0 aliphatic rings. The first-order valence-corrected chi connectivity index (χ1v) is 21.7. The van der Waals surface area contributed by atoms with E-state index in [1.54, 1.807) is 11.3 Å². The Bertz CT molecular complexity index is 2900. The van der Waals surface area contributed by atoms with Crippen LogP contribution in [0, 0.1) is 14.3 Å². The van der Waals surface area contributed by atoms with Crippen LogP contribution in [0.3, 0.4) is 0 Å². The number of para-hydroxylation sites is 3. The zero-order valence-electron chi connectivity index (χ0n) is 26.8. The molecule has 0 aliphatic carbocycles. The van der Waals surface area contributed by atoms with E-state index in [0.717, 1.165) is 65.9 Å². The molecule has 3 aromatic heterocycles. The quantitative estimate of drug-likeness (QED) is 0.177. The number of halogens is 1. The van der Waals surface area contributed by atoms with Crippen LogP contribution in [0.2, 0.25) is 0 Å². The van der Waals surface area contributed by atoms with Crippen molar-refractivity contribution < 1.29 is 4.42 Å². The van der Waals surface area contributed by atoms with Crippen LogP contribution in [-0.4, -0.2) is 4.98 Å². The monoisotopic (exact) mass is 772 g/mol. The summed E-state index contributed by atoms with van der Waals surface area (Å²) < 4.78 is 22.4. The Kier molecular flexibility index (Phi) is 6.79. The summed E-state index contributed by atoms with van der Waals surface area (Å²) in [4.78, 5) is 5.55. The zero-order valence-corrected chi connectivity index (χ0v) is 29.8. The van der Waals surface area contributed by atoms with Crippen molar-refractivity contribution in [1.82, 2.24) is 4.98 Å². The zero-order chi connectivity index (χ0) is 33.2. The van der Waals surface area contributed by atoms with Gasteiger partial charge in [-0.1, -0.05) is 18.2 Å². The van der Waals surface area contributed by atoms with Crippen molar-refractivity contribution in [1.29, 1.82) is 3.56 Å². The summed E-state index contributed by atoms with van der Waals surface area (Å²) in [6, 6.07) is 59.4. The fourth-order valence-corrected chi connectivity index (χ4v) is 15.1. The third-order valence-electron chi connectivity index (χ3n) is 9.60. The van der Waals surface area contributed by atoms with Gasteiger partial charge in [-0.15, -0.1) is 0 Å². The first-order valence-electron chi connectivity index (χ1n) is 16.6. The van der Waals surface area contributed by atoms with Gasteiger partial charge in [-0.25, -0.2) is 0 Å². The van der Waals surface area contributed by atoms with Gasteiger partial charge in [0.2, 0.25) is 0 Å². The maximum absolute atomic E-state index is 10.1. The molecule has 0 unspecified atom stereocenters. The van der Waals surface area contributed by atoms with Crippen LogP contribution in [0.15, 0.2) is 174 Å². The molecule has 0 spiro atoms. The number of pyridine rings is 1. The minimum absolute atomic E-state index is 0.879. The van der Waals surface area contributed by atoms with E-state index in [9.17, 15) is 3.56 Å².